The van der Waals surface area contributed by atoms with Crippen molar-refractivity contribution in [2.24, 2.45) is 10.9 Å². The molecule has 2 aromatic rings. The van der Waals surface area contributed by atoms with Crippen LogP contribution < -0.4 is 0 Å². The van der Waals surface area contributed by atoms with Gasteiger partial charge in [-0.25, -0.2) is 0 Å². The summed E-state index contributed by atoms with van der Waals surface area (Å²) in [7, 11) is 0. The van der Waals surface area contributed by atoms with Gasteiger partial charge in [0.1, 0.15) is 0 Å². The minimum absolute atomic E-state index is 0.0806. The first-order valence-electron chi connectivity index (χ1n) is 8.18. The highest BCUT2D eigenvalue weighted by Crippen LogP contribution is 2.70. The number of ether oxygens (including phenoxy) is 1. The molecule has 1 heterocycles. The van der Waals surface area contributed by atoms with E-state index in [0.717, 1.165) is 27.0 Å². The normalized spacial score (nSPS) is 26.9. The highest BCUT2D eigenvalue weighted by molar-refractivity contribution is 9.10. The van der Waals surface area contributed by atoms with Gasteiger partial charge in [0.25, 0.3) is 0 Å². The molecule has 1 aliphatic heterocycles. The molecule has 0 N–H and O–H groups in total. The Bertz CT molecular complexity index is 843. The Labute approximate surface area is 149 Å². The van der Waals surface area contributed by atoms with E-state index in [0.29, 0.717) is 6.61 Å². The van der Waals surface area contributed by atoms with Crippen molar-refractivity contribution in [1.29, 1.82) is 0 Å². The number of rotatable bonds is 3. The molecular weight excluding hydrogens is 366 g/mol. The van der Waals surface area contributed by atoms with Gasteiger partial charge in [-0.1, -0.05) is 46.3 Å². The van der Waals surface area contributed by atoms with Gasteiger partial charge in [0.15, 0.2) is 0 Å². The van der Waals surface area contributed by atoms with E-state index in [1.807, 2.05) is 44.2 Å². The smallest absolute Gasteiger partial charge is 0.310 e. The molecule has 4 heteroatoms. The summed E-state index contributed by atoms with van der Waals surface area (Å²) in [6, 6.07) is 16.4. The molecule has 0 radical (unpaired) electrons. The highest BCUT2D eigenvalue weighted by atomic mass is 79.9. The predicted octanol–water partition coefficient (Wildman–Crippen LogP) is 4.77. The molecule has 3 nitrogen and oxygen atoms in total. The second-order valence-electron chi connectivity index (χ2n) is 6.34. The van der Waals surface area contributed by atoms with Crippen molar-refractivity contribution in [1.82, 2.24) is 0 Å². The second-order valence-corrected chi connectivity index (χ2v) is 7.26. The third-order valence-corrected chi connectivity index (χ3v) is 5.74. The molecule has 122 valence electrons. The molecule has 0 bridgehead atoms. The number of fused-ring (bicyclic) bond motifs is 2. The number of benzene rings is 2. The van der Waals surface area contributed by atoms with Crippen molar-refractivity contribution in [3.05, 3.63) is 64.1 Å². The van der Waals surface area contributed by atoms with E-state index < -0.39 is 0 Å². The molecular formula is C20H18BrNO2. The average Bonchev–Trinajstić information content (AvgIpc) is 3.19. The topological polar surface area (TPSA) is 38.7 Å². The highest BCUT2D eigenvalue weighted by Gasteiger charge is 2.73. The van der Waals surface area contributed by atoms with Crippen molar-refractivity contribution in [3.8, 4) is 0 Å². The van der Waals surface area contributed by atoms with Crippen LogP contribution in [0.1, 0.15) is 30.9 Å². The lowest BCUT2D eigenvalue weighted by Crippen LogP contribution is -2.22. The number of halogens is 1. The number of aliphatic imine (C=N–C) groups is 1. The molecule has 3 unspecified atom stereocenters. The van der Waals surface area contributed by atoms with E-state index in [-0.39, 0.29) is 23.2 Å². The Balaban J connectivity index is 1.85. The number of nitrogens with zero attached hydrogens (tertiary/aromatic N) is 1. The van der Waals surface area contributed by atoms with Crippen molar-refractivity contribution >= 4 is 33.3 Å². The first kappa shape index (κ1) is 15.6. The lowest BCUT2D eigenvalue weighted by Gasteiger charge is -2.13. The SMILES string of the molecule is CCOC(=O)C1C(c2ccc(Br)cc2)C12C(C)=Nc1ccccc12. The number of carbonyl (C=O) groups is 1. The molecule has 2 aromatic carbocycles. The van der Waals surface area contributed by atoms with Crippen molar-refractivity contribution in [2.45, 2.75) is 25.2 Å². The molecule has 1 saturated carbocycles. The van der Waals surface area contributed by atoms with Gasteiger partial charge in [-0.2, -0.15) is 0 Å². The zero-order valence-corrected chi connectivity index (χ0v) is 15.2. The second kappa shape index (κ2) is 5.55. The zero-order chi connectivity index (χ0) is 16.9. The third-order valence-electron chi connectivity index (χ3n) is 5.21. The van der Waals surface area contributed by atoms with Crippen molar-refractivity contribution in [3.63, 3.8) is 0 Å². The number of hydrogen-bond donors (Lipinski definition) is 0. The van der Waals surface area contributed by atoms with Gasteiger partial charge < -0.3 is 4.74 Å². The van der Waals surface area contributed by atoms with Gasteiger partial charge in [-0.15, -0.1) is 0 Å². The summed E-state index contributed by atoms with van der Waals surface area (Å²) in [5.41, 5.74) is 3.94. The molecule has 1 spiro atoms. The van der Waals surface area contributed by atoms with Gasteiger partial charge in [-0.3, -0.25) is 9.79 Å². The maximum absolute atomic E-state index is 12.7. The third kappa shape index (κ3) is 2.02. The first-order chi connectivity index (χ1) is 11.6. The summed E-state index contributed by atoms with van der Waals surface area (Å²) in [5.74, 6) is -0.250. The fraction of sp³-hybridized carbons (Fsp3) is 0.300. The van der Waals surface area contributed by atoms with E-state index in [4.69, 9.17) is 9.73 Å². The van der Waals surface area contributed by atoms with Gasteiger partial charge in [0.05, 0.1) is 23.6 Å². The number of esters is 1. The minimum atomic E-state index is -0.351. The van der Waals surface area contributed by atoms with Crippen molar-refractivity contribution < 1.29 is 9.53 Å². The van der Waals surface area contributed by atoms with Gasteiger partial charge in [-0.05, 0) is 43.2 Å². The fourth-order valence-corrected chi connectivity index (χ4v) is 4.51. The van der Waals surface area contributed by atoms with Crippen LogP contribution in [0.4, 0.5) is 5.69 Å². The van der Waals surface area contributed by atoms with Gasteiger partial charge >= 0.3 is 5.97 Å². The van der Waals surface area contributed by atoms with E-state index in [1.165, 1.54) is 0 Å². The fourth-order valence-electron chi connectivity index (χ4n) is 4.24. The lowest BCUT2D eigenvalue weighted by molar-refractivity contribution is -0.145. The average molecular weight is 384 g/mol. The van der Waals surface area contributed by atoms with Crippen LogP contribution in [-0.2, 0) is 14.9 Å². The minimum Gasteiger partial charge on any atom is -0.466 e. The maximum atomic E-state index is 12.7. The van der Waals surface area contributed by atoms with Crippen LogP contribution in [0.3, 0.4) is 0 Å². The van der Waals surface area contributed by atoms with Crippen molar-refractivity contribution in [2.75, 3.05) is 6.61 Å². The van der Waals surface area contributed by atoms with E-state index in [2.05, 4.69) is 34.1 Å². The Morgan fingerprint density at radius 3 is 2.62 bits per heavy atom. The van der Waals surface area contributed by atoms with Crippen LogP contribution in [0.25, 0.3) is 0 Å². The van der Waals surface area contributed by atoms with Gasteiger partial charge in [0.2, 0.25) is 0 Å². The predicted molar refractivity (Wildman–Crippen MR) is 97.9 cm³/mol. The summed E-state index contributed by atoms with van der Waals surface area (Å²) in [5, 5.41) is 0. The van der Waals surface area contributed by atoms with E-state index >= 15 is 0 Å². The molecule has 3 atom stereocenters. The maximum Gasteiger partial charge on any atom is 0.310 e. The molecule has 1 fully saturated rings. The molecule has 2 aliphatic rings. The van der Waals surface area contributed by atoms with Gasteiger partial charge in [0, 0.05) is 16.1 Å². The molecule has 4 rings (SSSR count). The summed E-state index contributed by atoms with van der Waals surface area (Å²) in [6.45, 7) is 4.28. The standard InChI is InChI=1S/C20H18BrNO2/c1-3-24-19(23)18-17(13-8-10-14(21)11-9-13)20(18)12(2)22-16-7-5-4-6-15(16)20/h4-11,17-18H,3H2,1-2H3. The van der Waals surface area contributed by atoms with E-state index in [9.17, 15) is 4.79 Å². The number of para-hydroxylation sites is 1. The monoisotopic (exact) mass is 383 g/mol. The Morgan fingerprint density at radius 2 is 1.92 bits per heavy atom. The molecule has 24 heavy (non-hydrogen) atoms. The summed E-state index contributed by atoms with van der Waals surface area (Å²) in [4.78, 5) is 17.4. The van der Waals surface area contributed by atoms with Crippen LogP contribution >= 0.6 is 15.9 Å². The summed E-state index contributed by atoms with van der Waals surface area (Å²) in [6.07, 6.45) is 0. The summed E-state index contributed by atoms with van der Waals surface area (Å²) >= 11 is 3.48. The molecule has 0 amide bonds. The quantitative estimate of drug-likeness (QED) is 0.715. The van der Waals surface area contributed by atoms with Crippen LogP contribution in [-0.4, -0.2) is 18.3 Å². The first-order valence-corrected chi connectivity index (χ1v) is 8.97. The van der Waals surface area contributed by atoms with Crippen LogP contribution in [0.5, 0.6) is 0 Å². The Kier molecular flexibility index (Phi) is 3.61. The Morgan fingerprint density at radius 1 is 1.21 bits per heavy atom. The molecule has 0 aromatic heterocycles. The number of carbonyl (C=O) groups excluding carboxylic acids is 1. The van der Waals surface area contributed by atoms with E-state index in [1.54, 1.807) is 0 Å². The lowest BCUT2D eigenvalue weighted by atomic mass is 9.87. The number of hydrogen-bond acceptors (Lipinski definition) is 3. The molecule has 1 aliphatic carbocycles. The molecule has 0 saturated heterocycles. The summed E-state index contributed by atoms with van der Waals surface area (Å²) < 4.78 is 6.42. The Hall–Kier alpha value is -1.94. The zero-order valence-electron chi connectivity index (χ0n) is 13.6. The largest absolute Gasteiger partial charge is 0.466 e. The van der Waals surface area contributed by atoms with Crippen LogP contribution in [0.2, 0.25) is 0 Å². The van der Waals surface area contributed by atoms with Crippen LogP contribution in [0.15, 0.2) is 58.0 Å². The van der Waals surface area contributed by atoms with Crippen LogP contribution in [0, 0.1) is 5.92 Å².